The lowest BCUT2D eigenvalue weighted by molar-refractivity contribution is 0.288. The van der Waals surface area contributed by atoms with Crippen molar-refractivity contribution in [3.8, 4) is 0 Å². The number of anilines is 1. The molecule has 1 atom stereocenters. The average molecular weight is 313 g/mol. The molecular weight excluding hydrogens is 290 g/mol. The Morgan fingerprint density at radius 3 is 2.67 bits per heavy atom. The minimum absolute atomic E-state index is 0.148. The molecule has 0 amide bonds. The highest BCUT2D eigenvalue weighted by atomic mass is 32.2. The molecule has 4 N–H and O–H groups in total. The number of pyridine rings is 1. The summed E-state index contributed by atoms with van der Waals surface area (Å²) in [4.78, 5) is 6.44. The van der Waals surface area contributed by atoms with Crippen LogP contribution in [0, 0.1) is 5.92 Å². The van der Waals surface area contributed by atoms with Crippen LogP contribution in [0.2, 0.25) is 0 Å². The van der Waals surface area contributed by atoms with Crippen LogP contribution < -0.4 is 16.0 Å². The topological polar surface area (TPSA) is 100 Å². The van der Waals surface area contributed by atoms with E-state index in [1.54, 1.807) is 0 Å². The maximum absolute atomic E-state index is 12.2. The van der Waals surface area contributed by atoms with Gasteiger partial charge in [-0.2, -0.15) is 0 Å². The number of nitrogens with zero attached hydrogens (tertiary/aromatic N) is 2. The largest absolute Gasteiger partial charge is 0.308 e. The molecule has 0 saturated carbocycles. The van der Waals surface area contributed by atoms with Crippen molar-refractivity contribution in [1.82, 2.24) is 14.6 Å². The van der Waals surface area contributed by atoms with E-state index in [4.69, 9.17) is 5.84 Å². The van der Waals surface area contributed by atoms with E-state index in [0.717, 1.165) is 19.6 Å². The number of nitrogens with one attached hydrogen (secondary N) is 2. The number of aromatic nitrogens is 1. The number of nitrogens with two attached hydrogens (primary N) is 1. The van der Waals surface area contributed by atoms with Gasteiger partial charge in [0, 0.05) is 19.3 Å². The van der Waals surface area contributed by atoms with Crippen LogP contribution in [-0.4, -0.2) is 44.5 Å². The second-order valence-electron chi connectivity index (χ2n) is 5.49. The Morgan fingerprint density at radius 2 is 2.10 bits per heavy atom. The highest BCUT2D eigenvalue weighted by Gasteiger charge is 2.18. The Hall–Kier alpha value is -1.22. The normalized spacial score (nSPS) is 17.8. The number of sulfonamides is 1. The summed E-state index contributed by atoms with van der Waals surface area (Å²) in [6, 6.07) is 3.01. The van der Waals surface area contributed by atoms with E-state index in [1.807, 2.05) is 0 Å². The summed E-state index contributed by atoms with van der Waals surface area (Å²) < 4.78 is 27.0. The van der Waals surface area contributed by atoms with Crippen LogP contribution in [0.3, 0.4) is 0 Å². The van der Waals surface area contributed by atoms with E-state index in [1.165, 1.54) is 31.2 Å². The maximum Gasteiger partial charge on any atom is 0.242 e. The first kappa shape index (κ1) is 16.2. The first-order valence-corrected chi connectivity index (χ1v) is 8.64. The van der Waals surface area contributed by atoms with Gasteiger partial charge in [0.2, 0.25) is 10.0 Å². The van der Waals surface area contributed by atoms with Crippen LogP contribution in [0.25, 0.3) is 0 Å². The number of hydrogen-bond donors (Lipinski definition) is 3. The van der Waals surface area contributed by atoms with E-state index in [9.17, 15) is 8.42 Å². The van der Waals surface area contributed by atoms with E-state index in [2.05, 4.69) is 27.0 Å². The molecule has 1 unspecified atom stereocenters. The second kappa shape index (κ2) is 7.17. The molecule has 2 rings (SSSR count). The Bertz CT molecular complexity index is 540. The van der Waals surface area contributed by atoms with Gasteiger partial charge in [-0.15, -0.1) is 0 Å². The number of rotatable bonds is 7. The molecule has 0 spiro atoms. The van der Waals surface area contributed by atoms with Crippen molar-refractivity contribution >= 4 is 15.8 Å². The van der Waals surface area contributed by atoms with Crippen LogP contribution in [-0.2, 0) is 10.0 Å². The molecule has 21 heavy (non-hydrogen) atoms. The van der Waals surface area contributed by atoms with Gasteiger partial charge in [-0.05, 0) is 44.0 Å². The van der Waals surface area contributed by atoms with Gasteiger partial charge >= 0.3 is 0 Å². The van der Waals surface area contributed by atoms with Crippen LogP contribution in [0.5, 0.6) is 0 Å². The zero-order valence-electron chi connectivity index (χ0n) is 12.2. The lowest BCUT2D eigenvalue weighted by atomic mass is 10.2. The molecule has 7 nitrogen and oxygen atoms in total. The van der Waals surface area contributed by atoms with Crippen LogP contribution >= 0.6 is 0 Å². The summed E-state index contributed by atoms with van der Waals surface area (Å²) in [5.74, 6) is 5.90. The molecule has 8 heteroatoms. The van der Waals surface area contributed by atoms with E-state index < -0.39 is 10.0 Å². The fraction of sp³-hybridized carbons (Fsp3) is 0.615. The summed E-state index contributed by atoms with van der Waals surface area (Å²) in [5.41, 5.74) is 2.36. The summed E-state index contributed by atoms with van der Waals surface area (Å²) in [6.07, 6.45) is 3.78. The summed E-state index contributed by atoms with van der Waals surface area (Å²) in [6.45, 7) is 5.65. The predicted octanol–water partition coefficient (Wildman–Crippen LogP) is 0.377. The molecule has 1 aromatic heterocycles. The van der Waals surface area contributed by atoms with E-state index in [0.29, 0.717) is 12.4 Å². The van der Waals surface area contributed by atoms with Gasteiger partial charge in [0.25, 0.3) is 0 Å². The Balaban J connectivity index is 1.87. The highest BCUT2D eigenvalue weighted by molar-refractivity contribution is 7.89. The Morgan fingerprint density at radius 1 is 1.38 bits per heavy atom. The van der Waals surface area contributed by atoms with Crippen molar-refractivity contribution in [2.24, 2.45) is 11.8 Å². The van der Waals surface area contributed by atoms with Gasteiger partial charge in [-0.3, -0.25) is 0 Å². The molecule has 1 aromatic rings. The molecule has 0 bridgehead atoms. The van der Waals surface area contributed by atoms with Crippen molar-refractivity contribution in [1.29, 1.82) is 0 Å². The Labute approximate surface area is 125 Å². The molecular formula is C13H23N5O2S. The van der Waals surface area contributed by atoms with Crippen LogP contribution in [0.15, 0.2) is 23.2 Å². The second-order valence-corrected chi connectivity index (χ2v) is 7.26. The summed E-state index contributed by atoms with van der Waals surface area (Å²) in [7, 11) is -3.51. The minimum Gasteiger partial charge on any atom is -0.308 e. The van der Waals surface area contributed by atoms with Gasteiger partial charge in [0.1, 0.15) is 10.7 Å². The van der Waals surface area contributed by atoms with Crippen LogP contribution in [0.1, 0.15) is 19.8 Å². The predicted molar refractivity (Wildman–Crippen MR) is 82.1 cm³/mol. The quantitative estimate of drug-likeness (QED) is 0.497. The first-order chi connectivity index (χ1) is 10.0. The fourth-order valence-electron chi connectivity index (χ4n) is 2.43. The van der Waals surface area contributed by atoms with Gasteiger partial charge in [-0.1, -0.05) is 6.92 Å². The minimum atomic E-state index is -3.51. The third kappa shape index (κ3) is 4.63. The van der Waals surface area contributed by atoms with Gasteiger partial charge in [0.05, 0.1) is 0 Å². The number of nitrogen functional groups attached to an aromatic ring is 1. The number of hydrazine groups is 1. The first-order valence-electron chi connectivity index (χ1n) is 7.16. The summed E-state index contributed by atoms with van der Waals surface area (Å²) >= 11 is 0. The van der Waals surface area contributed by atoms with Crippen molar-refractivity contribution in [3.63, 3.8) is 0 Å². The molecule has 0 aromatic carbocycles. The molecule has 1 aliphatic heterocycles. The van der Waals surface area contributed by atoms with Crippen LogP contribution in [0.4, 0.5) is 5.82 Å². The molecule has 118 valence electrons. The zero-order valence-corrected chi connectivity index (χ0v) is 13.1. The van der Waals surface area contributed by atoms with E-state index >= 15 is 0 Å². The van der Waals surface area contributed by atoms with Gasteiger partial charge < -0.3 is 10.3 Å². The van der Waals surface area contributed by atoms with E-state index in [-0.39, 0.29) is 10.8 Å². The molecule has 0 aliphatic carbocycles. The van der Waals surface area contributed by atoms with Gasteiger partial charge in [-0.25, -0.2) is 24.0 Å². The third-order valence-corrected chi connectivity index (χ3v) is 4.99. The van der Waals surface area contributed by atoms with Crippen molar-refractivity contribution in [2.75, 3.05) is 31.6 Å². The molecule has 1 fully saturated rings. The SMILES string of the molecule is CC(CNS(=O)(=O)c1ccc(NN)nc1)CN1CCCC1. The lowest BCUT2D eigenvalue weighted by Gasteiger charge is -2.20. The zero-order chi connectivity index (χ0) is 15.3. The van der Waals surface area contributed by atoms with Crippen molar-refractivity contribution in [2.45, 2.75) is 24.7 Å². The third-order valence-electron chi connectivity index (χ3n) is 3.58. The van der Waals surface area contributed by atoms with Crippen molar-refractivity contribution in [3.05, 3.63) is 18.3 Å². The maximum atomic E-state index is 12.2. The molecule has 2 heterocycles. The molecule has 0 radical (unpaired) electrons. The highest BCUT2D eigenvalue weighted by Crippen LogP contribution is 2.12. The lowest BCUT2D eigenvalue weighted by Crippen LogP contribution is -2.34. The standard InChI is InChI=1S/C13H23N5O2S/c1-11(10-18-6-2-3-7-18)8-16-21(19,20)12-4-5-13(17-14)15-9-12/h4-5,9,11,16H,2-3,6-8,10,14H2,1H3,(H,15,17). The Kier molecular flexibility index (Phi) is 5.51. The average Bonchev–Trinajstić information content (AvgIpc) is 2.98. The molecule has 1 aliphatic rings. The molecule has 1 saturated heterocycles. The number of likely N-dealkylation sites (tertiary alicyclic amines) is 1. The van der Waals surface area contributed by atoms with Gasteiger partial charge in [0.15, 0.2) is 0 Å². The number of hydrogen-bond acceptors (Lipinski definition) is 6. The monoisotopic (exact) mass is 313 g/mol. The fourth-order valence-corrected chi connectivity index (χ4v) is 3.54. The smallest absolute Gasteiger partial charge is 0.242 e. The summed E-state index contributed by atoms with van der Waals surface area (Å²) in [5, 5.41) is 0. The van der Waals surface area contributed by atoms with Crippen molar-refractivity contribution < 1.29 is 8.42 Å².